The number of aromatic carboxylic acids is 1. The monoisotopic (exact) mass is 450 g/mol. The van der Waals surface area contributed by atoms with Gasteiger partial charge in [-0.25, -0.2) is 4.79 Å². The number of rotatable bonds is 7. The Labute approximate surface area is 179 Å². The molecule has 9 heteroatoms. The molecule has 5 nitrogen and oxygen atoms in total. The number of halogens is 3. The lowest BCUT2D eigenvalue weighted by atomic mass is 10.0. The number of esters is 1. The van der Waals surface area contributed by atoms with E-state index in [2.05, 4.69) is 4.74 Å². The van der Waals surface area contributed by atoms with Crippen LogP contribution >= 0.6 is 11.3 Å². The molecular formula is C22H17F3O5S. The lowest BCUT2D eigenvalue weighted by molar-refractivity contribution is -0.140. The topological polar surface area (TPSA) is 72.8 Å². The van der Waals surface area contributed by atoms with Gasteiger partial charge in [-0.3, -0.25) is 4.79 Å². The number of alkyl halides is 3. The number of hydrogen-bond donors (Lipinski definition) is 1. The second-order valence-corrected chi connectivity index (χ2v) is 7.65. The van der Waals surface area contributed by atoms with E-state index in [9.17, 15) is 27.9 Å². The molecule has 31 heavy (non-hydrogen) atoms. The first-order valence-electron chi connectivity index (χ1n) is 9.00. The van der Waals surface area contributed by atoms with Crippen LogP contribution in [0, 0.1) is 0 Å². The van der Waals surface area contributed by atoms with Crippen LogP contribution in [-0.4, -0.2) is 24.2 Å². The molecule has 0 aliphatic rings. The van der Waals surface area contributed by atoms with E-state index in [-0.39, 0.29) is 24.6 Å². The van der Waals surface area contributed by atoms with Gasteiger partial charge in [-0.1, -0.05) is 18.2 Å². The van der Waals surface area contributed by atoms with Gasteiger partial charge in [0.25, 0.3) is 0 Å². The highest BCUT2D eigenvalue weighted by Gasteiger charge is 2.31. The van der Waals surface area contributed by atoms with Crippen molar-refractivity contribution in [3.05, 3.63) is 76.2 Å². The zero-order valence-corrected chi connectivity index (χ0v) is 17.0. The number of para-hydroxylation sites is 1. The molecule has 0 bridgehead atoms. The summed E-state index contributed by atoms with van der Waals surface area (Å²) in [6.45, 7) is -0.225. The highest BCUT2D eigenvalue weighted by molar-refractivity contribution is 7.15. The highest BCUT2D eigenvalue weighted by atomic mass is 32.1. The average molecular weight is 450 g/mol. The predicted molar refractivity (Wildman–Crippen MR) is 108 cm³/mol. The van der Waals surface area contributed by atoms with E-state index in [1.165, 1.54) is 18.4 Å². The molecule has 1 N–H and O–H groups in total. The van der Waals surface area contributed by atoms with Crippen molar-refractivity contribution < 1.29 is 37.3 Å². The summed E-state index contributed by atoms with van der Waals surface area (Å²) in [5.41, 5.74) is -0.671. The molecule has 162 valence electrons. The minimum atomic E-state index is -4.64. The third-order valence-electron chi connectivity index (χ3n) is 4.41. The van der Waals surface area contributed by atoms with Gasteiger partial charge in [0.05, 0.1) is 24.7 Å². The Bertz CT molecular complexity index is 1100. The molecule has 0 radical (unpaired) electrons. The maximum atomic E-state index is 12.9. The number of methoxy groups -OCH3 is 1. The van der Waals surface area contributed by atoms with Crippen LogP contribution in [0.3, 0.4) is 0 Å². The van der Waals surface area contributed by atoms with Gasteiger partial charge in [0.15, 0.2) is 0 Å². The number of ether oxygens (including phenoxy) is 2. The lowest BCUT2D eigenvalue weighted by Gasteiger charge is -2.14. The smallest absolute Gasteiger partial charge is 0.416 e. The molecule has 0 fully saturated rings. The first kappa shape index (κ1) is 22.4. The fourth-order valence-corrected chi connectivity index (χ4v) is 3.88. The van der Waals surface area contributed by atoms with Gasteiger partial charge in [-0.2, -0.15) is 13.2 Å². The maximum Gasteiger partial charge on any atom is 0.416 e. The van der Waals surface area contributed by atoms with Crippen molar-refractivity contribution in [2.75, 3.05) is 7.11 Å². The Hall–Kier alpha value is -3.33. The quantitative estimate of drug-likeness (QED) is 0.486. The van der Waals surface area contributed by atoms with Crippen molar-refractivity contribution >= 4 is 23.3 Å². The Morgan fingerprint density at radius 2 is 1.81 bits per heavy atom. The average Bonchev–Trinajstić information content (AvgIpc) is 3.19. The molecule has 3 rings (SSSR count). The molecule has 2 aromatic carbocycles. The van der Waals surface area contributed by atoms with Crippen LogP contribution in [0.15, 0.2) is 54.6 Å². The summed E-state index contributed by atoms with van der Waals surface area (Å²) in [5, 5.41) is 9.32. The number of benzene rings is 2. The van der Waals surface area contributed by atoms with Crippen molar-refractivity contribution in [1.29, 1.82) is 0 Å². The summed E-state index contributed by atoms with van der Waals surface area (Å²) >= 11 is 1.38. The molecule has 0 aliphatic heterocycles. The Morgan fingerprint density at radius 3 is 2.48 bits per heavy atom. The third kappa shape index (κ3) is 5.43. The van der Waals surface area contributed by atoms with Crippen LogP contribution in [0.2, 0.25) is 0 Å². The summed E-state index contributed by atoms with van der Waals surface area (Å²) in [4.78, 5) is 24.5. The molecular weight excluding hydrogens is 433 g/mol. The first-order valence-corrected chi connectivity index (χ1v) is 9.82. The van der Waals surface area contributed by atoms with Gasteiger partial charge >= 0.3 is 18.1 Å². The minimum absolute atomic E-state index is 0.118. The molecule has 0 unspecified atom stereocenters. The van der Waals surface area contributed by atoms with E-state index in [0.717, 1.165) is 21.9 Å². The van der Waals surface area contributed by atoms with Crippen LogP contribution in [0.4, 0.5) is 13.2 Å². The van der Waals surface area contributed by atoms with Crippen LogP contribution in [-0.2, 0) is 28.7 Å². The van der Waals surface area contributed by atoms with Gasteiger partial charge in [0.1, 0.15) is 12.4 Å². The first-order chi connectivity index (χ1) is 14.7. The number of thiophene rings is 1. The molecule has 0 spiro atoms. The Balaban J connectivity index is 1.84. The van der Waals surface area contributed by atoms with Crippen LogP contribution in [0.5, 0.6) is 5.75 Å². The van der Waals surface area contributed by atoms with E-state index in [1.807, 2.05) is 6.07 Å². The number of carboxylic acid groups (broad SMARTS) is 1. The van der Waals surface area contributed by atoms with E-state index in [4.69, 9.17) is 4.74 Å². The number of hydrogen-bond acceptors (Lipinski definition) is 5. The standard InChI is InChI=1S/C22H17F3O5S/c1-29-20(26)11-15-8-9-19(31-15)16-4-2-3-5-18(16)30-12-13-6-7-14(22(23,24)25)10-17(13)21(27)28/h2-10H,11-12H2,1H3,(H,27,28). The van der Waals surface area contributed by atoms with Gasteiger partial charge in [0.2, 0.25) is 0 Å². The second kappa shape index (κ2) is 9.22. The van der Waals surface area contributed by atoms with Gasteiger partial charge in [0, 0.05) is 20.9 Å². The Morgan fingerprint density at radius 1 is 1.06 bits per heavy atom. The maximum absolute atomic E-state index is 12.9. The number of carbonyl (C=O) groups excluding carboxylic acids is 1. The lowest BCUT2D eigenvalue weighted by Crippen LogP contribution is -2.11. The fourth-order valence-electron chi connectivity index (χ4n) is 2.86. The Kier molecular flexibility index (Phi) is 6.65. The van der Waals surface area contributed by atoms with Crippen molar-refractivity contribution in [3.8, 4) is 16.2 Å². The summed E-state index contributed by atoms with van der Waals surface area (Å²) < 4.78 is 49.2. The van der Waals surface area contributed by atoms with Gasteiger partial charge in [-0.05, 0) is 36.4 Å². The zero-order chi connectivity index (χ0) is 22.6. The van der Waals surface area contributed by atoms with Crippen LogP contribution in [0.1, 0.15) is 26.4 Å². The molecule has 0 aliphatic carbocycles. The molecule has 0 amide bonds. The van der Waals surface area contributed by atoms with Gasteiger partial charge < -0.3 is 14.6 Å². The summed E-state index contributed by atoms with van der Waals surface area (Å²) in [7, 11) is 1.31. The number of carbonyl (C=O) groups is 2. The van der Waals surface area contributed by atoms with Crippen LogP contribution < -0.4 is 4.74 Å². The normalized spacial score (nSPS) is 11.2. The summed E-state index contributed by atoms with van der Waals surface area (Å²) in [5.74, 6) is -1.39. The van der Waals surface area contributed by atoms with Crippen molar-refractivity contribution in [2.45, 2.75) is 19.2 Å². The van der Waals surface area contributed by atoms with E-state index in [0.29, 0.717) is 17.4 Å². The van der Waals surface area contributed by atoms with Crippen molar-refractivity contribution in [3.63, 3.8) is 0 Å². The minimum Gasteiger partial charge on any atom is -0.488 e. The third-order valence-corrected chi connectivity index (χ3v) is 5.53. The van der Waals surface area contributed by atoms with E-state index < -0.39 is 23.3 Å². The molecule has 0 atom stereocenters. The van der Waals surface area contributed by atoms with Crippen molar-refractivity contribution in [1.82, 2.24) is 0 Å². The van der Waals surface area contributed by atoms with Crippen molar-refractivity contribution in [2.24, 2.45) is 0 Å². The van der Waals surface area contributed by atoms with Gasteiger partial charge in [-0.15, -0.1) is 11.3 Å². The predicted octanol–water partition coefficient (Wildman–Crippen LogP) is 5.43. The summed E-state index contributed by atoms with van der Waals surface area (Å²) in [6, 6.07) is 13.2. The van der Waals surface area contributed by atoms with E-state index in [1.54, 1.807) is 30.3 Å². The molecule has 0 saturated carbocycles. The molecule has 1 heterocycles. The zero-order valence-electron chi connectivity index (χ0n) is 16.2. The SMILES string of the molecule is COC(=O)Cc1ccc(-c2ccccc2OCc2ccc(C(F)(F)F)cc2C(=O)O)s1. The number of carboxylic acids is 1. The summed E-state index contributed by atoms with van der Waals surface area (Å²) in [6.07, 6.45) is -4.50. The van der Waals surface area contributed by atoms with Crippen LogP contribution in [0.25, 0.3) is 10.4 Å². The fraction of sp³-hybridized carbons (Fsp3) is 0.182. The molecule has 1 aromatic heterocycles. The molecule has 0 saturated heterocycles. The largest absolute Gasteiger partial charge is 0.488 e. The second-order valence-electron chi connectivity index (χ2n) is 6.48. The van der Waals surface area contributed by atoms with E-state index >= 15 is 0 Å². The molecule has 3 aromatic rings. The highest BCUT2D eigenvalue weighted by Crippen LogP contribution is 2.36.